The Morgan fingerprint density at radius 1 is 0.871 bits per heavy atom. The predicted octanol–water partition coefficient (Wildman–Crippen LogP) is 4.67. The molecule has 0 atom stereocenters. The van der Waals surface area contributed by atoms with Crippen LogP contribution in [0, 0.1) is 10.1 Å². The Bertz CT molecular complexity index is 1100. The first kappa shape index (κ1) is 21.4. The van der Waals surface area contributed by atoms with Crippen LogP contribution in [0.2, 0.25) is 0 Å². The highest BCUT2D eigenvalue weighted by Gasteiger charge is 2.32. The van der Waals surface area contributed by atoms with E-state index in [1.807, 2.05) is 18.2 Å². The molecule has 0 aliphatic heterocycles. The number of nitrogens with zero attached hydrogens (tertiary/aromatic N) is 1. The molecule has 0 fully saturated rings. The first-order valence-electron chi connectivity index (χ1n) is 9.10. The fourth-order valence-electron chi connectivity index (χ4n) is 2.96. The van der Waals surface area contributed by atoms with Crippen LogP contribution < -0.4 is 24.3 Å². The number of methoxy groups -OCH3 is 3. The minimum absolute atomic E-state index is 0.0149. The normalized spacial score (nSPS) is 10.2. The Hall–Kier alpha value is -4.27. The van der Waals surface area contributed by atoms with Crippen molar-refractivity contribution >= 4 is 17.3 Å². The zero-order chi connectivity index (χ0) is 22.4. The van der Waals surface area contributed by atoms with Crippen molar-refractivity contribution in [3.63, 3.8) is 0 Å². The average Bonchev–Trinajstić information content (AvgIpc) is 2.79. The molecular formula is C22H20N2O7. The van der Waals surface area contributed by atoms with E-state index in [0.29, 0.717) is 17.2 Å². The fourth-order valence-corrected chi connectivity index (χ4v) is 2.96. The van der Waals surface area contributed by atoms with E-state index in [9.17, 15) is 14.9 Å². The van der Waals surface area contributed by atoms with Crippen LogP contribution in [-0.4, -0.2) is 32.2 Å². The van der Waals surface area contributed by atoms with E-state index in [4.69, 9.17) is 18.9 Å². The zero-order valence-electron chi connectivity index (χ0n) is 17.1. The monoisotopic (exact) mass is 424 g/mol. The number of nitro benzene ring substituents is 1. The van der Waals surface area contributed by atoms with Gasteiger partial charge in [0.25, 0.3) is 5.91 Å². The standard InChI is InChI=1S/C22H20N2O7/c1-28-18-13-15(19(24(26)27)21(30-3)20(18)29-2)22(25)23-16-11-7-8-12-17(16)31-14-9-5-4-6-10-14/h4-13H,1-3H3,(H,23,25). The number of amides is 1. The third-order valence-electron chi connectivity index (χ3n) is 4.34. The second-order valence-electron chi connectivity index (χ2n) is 6.16. The number of benzene rings is 3. The van der Waals surface area contributed by atoms with Crippen molar-refractivity contribution in [2.45, 2.75) is 0 Å². The van der Waals surface area contributed by atoms with Gasteiger partial charge in [0.05, 0.1) is 31.9 Å². The van der Waals surface area contributed by atoms with Crippen LogP contribution in [-0.2, 0) is 0 Å². The molecule has 0 saturated carbocycles. The SMILES string of the molecule is COc1cc(C(=O)Nc2ccccc2Oc2ccccc2)c([N+](=O)[O-])c(OC)c1OC. The number of para-hydroxylation sites is 3. The summed E-state index contributed by atoms with van der Waals surface area (Å²) in [7, 11) is 3.92. The number of nitro groups is 1. The van der Waals surface area contributed by atoms with E-state index in [2.05, 4.69) is 5.32 Å². The first-order valence-corrected chi connectivity index (χ1v) is 9.10. The number of carbonyl (C=O) groups excluding carboxylic acids is 1. The van der Waals surface area contributed by atoms with Gasteiger partial charge in [-0.3, -0.25) is 14.9 Å². The molecule has 0 spiro atoms. The predicted molar refractivity (Wildman–Crippen MR) is 114 cm³/mol. The van der Waals surface area contributed by atoms with Crippen LogP contribution in [0.4, 0.5) is 11.4 Å². The molecule has 0 unspecified atom stereocenters. The van der Waals surface area contributed by atoms with Crippen LogP contribution in [0.5, 0.6) is 28.7 Å². The molecule has 1 amide bonds. The van der Waals surface area contributed by atoms with Gasteiger partial charge in [-0.15, -0.1) is 0 Å². The van der Waals surface area contributed by atoms with Gasteiger partial charge in [0.2, 0.25) is 11.5 Å². The van der Waals surface area contributed by atoms with Gasteiger partial charge in [-0.1, -0.05) is 30.3 Å². The van der Waals surface area contributed by atoms with E-state index in [0.717, 1.165) is 0 Å². The lowest BCUT2D eigenvalue weighted by Gasteiger charge is -2.16. The van der Waals surface area contributed by atoms with Crippen molar-refractivity contribution in [3.8, 4) is 28.7 Å². The molecule has 3 rings (SSSR count). The van der Waals surface area contributed by atoms with Gasteiger partial charge in [0, 0.05) is 6.07 Å². The number of hydrogen-bond donors (Lipinski definition) is 1. The molecule has 0 heterocycles. The molecule has 0 radical (unpaired) electrons. The molecule has 9 nitrogen and oxygen atoms in total. The van der Waals surface area contributed by atoms with Crippen molar-refractivity contribution in [2.75, 3.05) is 26.6 Å². The summed E-state index contributed by atoms with van der Waals surface area (Å²) >= 11 is 0. The van der Waals surface area contributed by atoms with Crippen molar-refractivity contribution in [2.24, 2.45) is 0 Å². The van der Waals surface area contributed by atoms with Crippen LogP contribution >= 0.6 is 0 Å². The van der Waals surface area contributed by atoms with Crippen LogP contribution in [0.1, 0.15) is 10.4 Å². The second kappa shape index (κ2) is 9.49. The Morgan fingerprint density at radius 2 is 1.52 bits per heavy atom. The Morgan fingerprint density at radius 3 is 2.13 bits per heavy atom. The molecule has 9 heteroatoms. The third-order valence-corrected chi connectivity index (χ3v) is 4.34. The molecule has 31 heavy (non-hydrogen) atoms. The number of hydrogen-bond acceptors (Lipinski definition) is 7. The maximum Gasteiger partial charge on any atom is 0.327 e. The number of ether oxygens (including phenoxy) is 4. The fraction of sp³-hybridized carbons (Fsp3) is 0.136. The second-order valence-corrected chi connectivity index (χ2v) is 6.16. The number of carbonyl (C=O) groups is 1. The minimum atomic E-state index is -0.741. The van der Waals surface area contributed by atoms with E-state index in [1.54, 1.807) is 36.4 Å². The lowest BCUT2D eigenvalue weighted by atomic mass is 10.1. The first-order chi connectivity index (χ1) is 15.0. The highest BCUT2D eigenvalue weighted by atomic mass is 16.6. The van der Waals surface area contributed by atoms with Gasteiger partial charge >= 0.3 is 5.69 Å². The minimum Gasteiger partial charge on any atom is -0.493 e. The average molecular weight is 424 g/mol. The van der Waals surface area contributed by atoms with E-state index in [1.165, 1.54) is 27.4 Å². The molecule has 1 N–H and O–H groups in total. The van der Waals surface area contributed by atoms with Crippen molar-refractivity contribution in [1.29, 1.82) is 0 Å². The van der Waals surface area contributed by atoms with Crippen LogP contribution in [0.3, 0.4) is 0 Å². The smallest absolute Gasteiger partial charge is 0.327 e. The van der Waals surface area contributed by atoms with Crippen molar-refractivity contribution in [1.82, 2.24) is 0 Å². The summed E-state index contributed by atoms with van der Waals surface area (Å²) in [5, 5.41) is 14.4. The lowest BCUT2D eigenvalue weighted by molar-refractivity contribution is -0.386. The highest BCUT2D eigenvalue weighted by molar-refractivity contribution is 6.09. The molecule has 3 aromatic carbocycles. The molecule has 0 aromatic heterocycles. The summed E-state index contributed by atoms with van der Waals surface area (Å²) in [6, 6.07) is 17.0. The highest BCUT2D eigenvalue weighted by Crippen LogP contribution is 2.46. The maximum atomic E-state index is 13.1. The molecule has 0 saturated heterocycles. The Kier molecular flexibility index (Phi) is 6.56. The number of nitrogens with one attached hydrogen (secondary N) is 1. The molecule has 3 aromatic rings. The van der Waals surface area contributed by atoms with E-state index in [-0.39, 0.29) is 22.8 Å². The molecule has 0 aliphatic rings. The summed E-state index contributed by atoms with van der Waals surface area (Å²) in [5.74, 6) is 0.117. The molecule has 0 bridgehead atoms. The van der Waals surface area contributed by atoms with Crippen LogP contribution in [0.15, 0.2) is 60.7 Å². The van der Waals surface area contributed by atoms with Crippen LogP contribution in [0.25, 0.3) is 0 Å². The summed E-state index contributed by atoms with van der Waals surface area (Å²) < 4.78 is 21.4. The van der Waals surface area contributed by atoms with Gasteiger partial charge in [-0.05, 0) is 24.3 Å². The van der Waals surface area contributed by atoms with E-state index >= 15 is 0 Å². The quantitative estimate of drug-likeness (QED) is 0.413. The number of anilines is 1. The zero-order valence-corrected chi connectivity index (χ0v) is 17.1. The lowest BCUT2D eigenvalue weighted by Crippen LogP contribution is -2.16. The largest absolute Gasteiger partial charge is 0.493 e. The Labute approximate surface area is 178 Å². The molecule has 160 valence electrons. The van der Waals surface area contributed by atoms with Gasteiger partial charge in [-0.25, -0.2) is 0 Å². The van der Waals surface area contributed by atoms with Gasteiger partial charge in [0.15, 0.2) is 11.5 Å². The van der Waals surface area contributed by atoms with Crippen molar-refractivity contribution in [3.05, 3.63) is 76.3 Å². The Balaban J connectivity index is 2.02. The molecule has 0 aliphatic carbocycles. The summed E-state index contributed by atoms with van der Waals surface area (Å²) in [4.78, 5) is 24.1. The topological polar surface area (TPSA) is 109 Å². The summed E-state index contributed by atoms with van der Waals surface area (Å²) in [6.07, 6.45) is 0. The van der Waals surface area contributed by atoms with Gasteiger partial charge in [-0.2, -0.15) is 0 Å². The molecular weight excluding hydrogens is 404 g/mol. The van der Waals surface area contributed by atoms with Gasteiger partial charge < -0.3 is 24.3 Å². The number of rotatable bonds is 8. The van der Waals surface area contributed by atoms with E-state index < -0.39 is 16.5 Å². The van der Waals surface area contributed by atoms with Gasteiger partial charge in [0.1, 0.15) is 11.3 Å². The summed E-state index contributed by atoms with van der Waals surface area (Å²) in [5.41, 5.74) is -0.465. The maximum absolute atomic E-state index is 13.1. The summed E-state index contributed by atoms with van der Waals surface area (Å²) in [6.45, 7) is 0. The van der Waals surface area contributed by atoms with Crippen molar-refractivity contribution < 1.29 is 28.7 Å². The third kappa shape index (κ3) is 4.50.